The zero-order chi connectivity index (χ0) is 21.9. The van der Waals surface area contributed by atoms with E-state index in [2.05, 4.69) is 44.4 Å². The molecule has 0 aliphatic heterocycles. The van der Waals surface area contributed by atoms with Crippen molar-refractivity contribution in [3.63, 3.8) is 0 Å². The second-order valence-electron chi connectivity index (χ2n) is 9.90. The third-order valence-corrected chi connectivity index (χ3v) is 10.7. The van der Waals surface area contributed by atoms with E-state index < -0.39 is 41.5 Å². The van der Waals surface area contributed by atoms with Gasteiger partial charge < -0.3 is 7.43 Å². The number of benzene rings is 1. The Kier molecular flexibility index (Phi) is 13.2. The first-order valence-corrected chi connectivity index (χ1v) is 19.8. The Morgan fingerprint density at radius 3 is 1.90 bits per heavy atom. The van der Waals surface area contributed by atoms with Crippen LogP contribution in [0.1, 0.15) is 40.2 Å². The largest absolute Gasteiger partial charge is 3.00 e. The number of hydrogen-bond acceptors (Lipinski definition) is 3. The fourth-order valence-electron chi connectivity index (χ4n) is 2.78. The van der Waals surface area contributed by atoms with Gasteiger partial charge in [0.05, 0.1) is 0 Å². The van der Waals surface area contributed by atoms with E-state index in [0.29, 0.717) is 6.42 Å². The van der Waals surface area contributed by atoms with Gasteiger partial charge in [0.1, 0.15) is 0 Å². The minimum Gasteiger partial charge on any atom is -0.358 e. The van der Waals surface area contributed by atoms with Crippen molar-refractivity contribution in [2.45, 2.75) is 73.0 Å². The number of nitrogens with zero attached hydrogens (tertiary/aromatic N) is 2. The molecule has 0 N–H and O–H groups in total. The van der Waals surface area contributed by atoms with Gasteiger partial charge in [0.25, 0.3) is 0 Å². The van der Waals surface area contributed by atoms with Crippen LogP contribution in [0.15, 0.2) is 24.3 Å². The minimum absolute atomic E-state index is 0. The summed E-state index contributed by atoms with van der Waals surface area (Å²) in [6, 6.07) is 7.79. The van der Waals surface area contributed by atoms with Crippen molar-refractivity contribution in [3.05, 3.63) is 42.6 Å². The molecule has 1 unspecified atom stereocenters. The Bertz CT molecular complexity index is 692. The van der Waals surface area contributed by atoms with Gasteiger partial charge in [-0.3, -0.25) is 0 Å². The van der Waals surface area contributed by atoms with Gasteiger partial charge in [0.2, 0.25) is 0 Å². The fourth-order valence-corrected chi connectivity index (χ4v) is 6.11. The van der Waals surface area contributed by atoms with Crippen LogP contribution in [0.5, 0.6) is 0 Å². The molecule has 0 saturated carbocycles. The van der Waals surface area contributed by atoms with E-state index in [1.54, 1.807) is 27.9 Å². The van der Waals surface area contributed by atoms with Crippen molar-refractivity contribution < 1.29 is 47.0 Å². The number of carbonyl (C=O) groups is 2. The molecule has 0 aliphatic rings. The first kappa shape index (κ1) is 32.2. The van der Waals surface area contributed by atoms with Gasteiger partial charge in [0.15, 0.2) is 0 Å². The van der Waals surface area contributed by atoms with Crippen molar-refractivity contribution in [3.8, 4) is 0 Å². The molecule has 0 bridgehead atoms. The van der Waals surface area contributed by atoms with E-state index in [9.17, 15) is 9.59 Å². The van der Waals surface area contributed by atoms with Crippen LogP contribution in [0.2, 0.25) is 14.8 Å². The number of likely N-dealkylation sites (N-methyl/N-ethyl adjacent to an activating group) is 2. The van der Waals surface area contributed by atoms with Crippen molar-refractivity contribution in [1.82, 2.24) is 4.90 Å². The molecule has 1 aromatic rings. The second-order valence-corrected chi connectivity index (χ2v) is 24.4. The Balaban J connectivity index is 0. The SMILES string of the molecule is C[N-]C(C)(C)C(=O)N(C)C(Cc1cc[c]([Sn]([CH3])([CH3])[CH3])cc1)C(=O)OC(C)(C)C.[CH3-].[Y+3]. The van der Waals surface area contributed by atoms with Crippen molar-refractivity contribution >= 4 is 33.8 Å². The molecule has 166 valence electrons. The molecule has 30 heavy (non-hydrogen) atoms. The molecule has 0 heterocycles. The molecule has 0 aliphatic carbocycles. The number of amides is 1. The van der Waals surface area contributed by atoms with Gasteiger partial charge >= 0.3 is 208 Å². The standard InChI is InChI=1S/C19H28N2O3.4CH3.Sn.Y/c1-18(2,3)24-16(22)15(13-14-11-9-8-10-12-14)21(7)17(23)19(4,5)20-6;;;;;;/h9-12,15H,13H2,1-7H3;4*1H3;;/q-1;;;;-1;;+3. The predicted octanol–water partition coefficient (Wildman–Crippen LogP) is 4.17. The summed E-state index contributed by atoms with van der Waals surface area (Å²) in [7, 11) is 3.27. The Morgan fingerprint density at radius 1 is 1.07 bits per heavy atom. The van der Waals surface area contributed by atoms with Gasteiger partial charge in [-0.15, -0.1) is 0 Å². The third kappa shape index (κ3) is 9.66. The molecule has 1 atom stereocenters. The molecular weight excluding hydrogens is 560 g/mol. The topological polar surface area (TPSA) is 60.7 Å². The fraction of sp³-hybridized carbons (Fsp3) is 0.609. The van der Waals surface area contributed by atoms with E-state index in [0.717, 1.165) is 5.56 Å². The first-order chi connectivity index (χ1) is 12.6. The van der Waals surface area contributed by atoms with Gasteiger partial charge in [-0.25, -0.2) is 0 Å². The first-order valence-electron chi connectivity index (χ1n) is 9.79. The van der Waals surface area contributed by atoms with E-state index >= 15 is 0 Å². The van der Waals surface area contributed by atoms with E-state index in [4.69, 9.17) is 4.74 Å². The maximum Gasteiger partial charge on any atom is 3.00 e. The number of carbonyl (C=O) groups excluding carboxylic acids is 2. The zero-order valence-corrected chi connectivity index (χ0v) is 26.5. The summed E-state index contributed by atoms with van der Waals surface area (Å²) in [5.41, 5.74) is -0.491. The van der Waals surface area contributed by atoms with Crippen LogP contribution in [0, 0.1) is 7.43 Å². The molecule has 1 amide bonds. The molecule has 7 heteroatoms. The number of esters is 1. The second kappa shape index (κ2) is 12.3. The Labute approximate surface area is 213 Å². The van der Waals surface area contributed by atoms with Gasteiger partial charge in [-0.2, -0.15) is 0 Å². The van der Waals surface area contributed by atoms with Gasteiger partial charge in [-0.05, 0) is 0 Å². The van der Waals surface area contributed by atoms with Crippen LogP contribution in [-0.2, 0) is 53.5 Å². The van der Waals surface area contributed by atoms with Crippen LogP contribution in [0.4, 0.5) is 0 Å². The van der Waals surface area contributed by atoms with Crippen molar-refractivity contribution in [2.75, 3.05) is 14.1 Å². The average molecular weight is 600 g/mol. The van der Waals surface area contributed by atoms with Gasteiger partial charge in [0, 0.05) is 0 Å². The number of hydrogen-bond donors (Lipinski definition) is 0. The molecule has 1 rings (SSSR count). The van der Waals surface area contributed by atoms with Gasteiger partial charge in [-0.1, -0.05) is 0 Å². The molecule has 0 radical (unpaired) electrons. The van der Waals surface area contributed by atoms with E-state index in [-0.39, 0.29) is 46.0 Å². The van der Waals surface area contributed by atoms with Crippen LogP contribution in [0.25, 0.3) is 5.32 Å². The molecule has 0 aromatic heterocycles. The summed E-state index contributed by atoms with van der Waals surface area (Å²) in [6.45, 7) is 9.01. The molecule has 5 nitrogen and oxygen atoms in total. The number of rotatable bonds is 7. The molecule has 0 spiro atoms. The zero-order valence-electron chi connectivity index (χ0n) is 20.8. The average Bonchev–Trinajstić information content (AvgIpc) is 2.56. The number of ether oxygens (including phenoxy) is 1. The molecule has 1 aromatic carbocycles. The summed E-state index contributed by atoms with van der Waals surface area (Å²) in [5, 5.41) is 4.17. The molecule has 0 fully saturated rings. The summed E-state index contributed by atoms with van der Waals surface area (Å²) in [6.07, 6.45) is 0.414. The van der Waals surface area contributed by atoms with Crippen molar-refractivity contribution in [2.24, 2.45) is 0 Å². The van der Waals surface area contributed by atoms with E-state index in [1.165, 1.54) is 8.48 Å². The maximum atomic E-state index is 12.9. The quantitative estimate of drug-likeness (QED) is 0.269. The normalized spacial score (nSPS) is 12.9. The monoisotopic (exact) mass is 601 g/mol. The Morgan fingerprint density at radius 2 is 1.53 bits per heavy atom. The smallest absolute Gasteiger partial charge is 0.358 e. The van der Waals surface area contributed by atoms with Crippen LogP contribution in [0.3, 0.4) is 0 Å². The van der Waals surface area contributed by atoms with Crippen LogP contribution >= 0.6 is 0 Å². The van der Waals surface area contributed by atoms with Crippen LogP contribution < -0.4 is 3.58 Å². The molecular formula is C23H40N2O3SnY+. The summed E-state index contributed by atoms with van der Waals surface area (Å²) < 4.78 is 7.05. The van der Waals surface area contributed by atoms with Crippen molar-refractivity contribution in [1.29, 1.82) is 0 Å². The summed E-state index contributed by atoms with van der Waals surface area (Å²) >= 11 is -2.13. The van der Waals surface area contributed by atoms with Crippen LogP contribution in [-0.4, -0.2) is 66.4 Å². The predicted molar refractivity (Wildman–Crippen MR) is 125 cm³/mol. The summed E-state index contributed by atoms with van der Waals surface area (Å²) in [4.78, 5) is 34.4. The Hall–Kier alpha value is 0.0226. The molecule has 0 saturated heterocycles. The maximum absolute atomic E-state index is 12.9. The third-order valence-electron chi connectivity index (χ3n) is 4.80. The minimum atomic E-state index is -2.13. The van der Waals surface area contributed by atoms with E-state index in [1.807, 2.05) is 20.8 Å². The summed E-state index contributed by atoms with van der Waals surface area (Å²) in [5.74, 6) is -0.595.